The zero-order valence-corrected chi connectivity index (χ0v) is 10.7. The van der Waals surface area contributed by atoms with E-state index in [2.05, 4.69) is 19.2 Å². The highest BCUT2D eigenvalue weighted by Gasteiger charge is 2.29. The van der Waals surface area contributed by atoms with Gasteiger partial charge in [-0.1, -0.05) is 20.3 Å². The molecule has 0 atom stereocenters. The Morgan fingerprint density at radius 1 is 1.06 bits per heavy atom. The van der Waals surface area contributed by atoms with Crippen molar-refractivity contribution in [2.24, 2.45) is 17.8 Å². The van der Waals surface area contributed by atoms with Crippen LogP contribution in [0.2, 0.25) is 0 Å². The first kappa shape index (κ1) is 11.9. The van der Waals surface area contributed by atoms with Crippen LogP contribution in [0.15, 0.2) is 0 Å². The fourth-order valence-electron chi connectivity index (χ4n) is 2.92. The number of nitrogens with one attached hydrogen (secondary N) is 1. The third-order valence-corrected chi connectivity index (χ3v) is 4.54. The Balaban J connectivity index is 1.70. The Kier molecular flexibility index (Phi) is 3.88. The van der Waals surface area contributed by atoms with Gasteiger partial charge in [-0.25, -0.2) is 0 Å². The Bertz CT molecular complexity index is 237. The molecule has 1 amide bonds. The predicted molar refractivity (Wildman–Crippen MR) is 66.1 cm³/mol. The molecule has 0 saturated heterocycles. The topological polar surface area (TPSA) is 29.1 Å². The summed E-state index contributed by atoms with van der Waals surface area (Å²) in [6.07, 6.45) is 8.47. The standard InChI is InChI=1S/C14H25NO/c1-10(2)11-6-8-13(9-7-11)15-14(16)12-4-3-5-12/h10-13H,3-9H2,1-2H3,(H,15,16). The van der Waals surface area contributed by atoms with Gasteiger partial charge in [0, 0.05) is 12.0 Å². The molecule has 2 heteroatoms. The minimum atomic E-state index is 0.333. The molecule has 2 saturated carbocycles. The molecule has 2 rings (SSSR count). The Labute approximate surface area is 99.2 Å². The van der Waals surface area contributed by atoms with E-state index in [-0.39, 0.29) is 0 Å². The van der Waals surface area contributed by atoms with Crippen LogP contribution in [0.4, 0.5) is 0 Å². The number of hydrogen-bond donors (Lipinski definition) is 1. The highest BCUT2D eigenvalue weighted by Crippen LogP contribution is 2.31. The quantitative estimate of drug-likeness (QED) is 0.782. The van der Waals surface area contributed by atoms with Crippen LogP contribution in [0.3, 0.4) is 0 Å². The van der Waals surface area contributed by atoms with Gasteiger partial charge in [-0.3, -0.25) is 4.79 Å². The zero-order chi connectivity index (χ0) is 11.5. The summed E-state index contributed by atoms with van der Waals surface area (Å²) in [6.45, 7) is 4.63. The van der Waals surface area contributed by atoms with Gasteiger partial charge in [0.05, 0.1) is 0 Å². The van der Waals surface area contributed by atoms with Crippen LogP contribution in [0.1, 0.15) is 58.8 Å². The normalized spacial score (nSPS) is 31.2. The lowest BCUT2D eigenvalue weighted by Crippen LogP contribution is -2.43. The predicted octanol–water partition coefficient (Wildman–Crippen LogP) is 3.12. The molecule has 1 N–H and O–H groups in total. The maximum atomic E-state index is 11.8. The van der Waals surface area contributed by atoms with Gasteiger partial charge < -0.3 is 5.32 Å². The van der Waals surface area contributed by atoms with Crippen molar-refractivity contribution in [2.45, 2.75) is 64.8 Å². The molecule has 0 aromatic heterocycles. The minimum absolute atomic E-state index is 0.333. The lowest BCUT2D eigenvalue weighted by Gasteiger charge is -2.33. The van der Waals surface area contributed by atoms with Crippen molar-refractivity contribution in [1.82, 2.24) is 5.32 Å². The monoisotopic (exact) mass is 223 g/mol. The molecule has 0 heterocycles. The molecule has 2 aliphatic rings. The molecule has 0 radical (unpaired) electrons. The van der Waals surface area contributed by atoms with Gasteiger partial charge in [-0.15, -0.1) is 0 Å². The minimum Gasteiger partial charge on any atom is -0.353 e. The first-order valence-electron chi connectivity index (χ1n) is 6.97. The maximum absolute atomic E-state index is 11.8. The van der Waals surface area contributed by atoms with Gasteiger partial charge >= 0.3 is 0 Å². The van der Waals surface area contributed by atoms with Gasteiger partial charge in [-0.05, 0) is 50.4 Å². The molecule has 0 aromatic carbocycles. The molecule has 0 aromatic rings. The van der Waals surface area contributed by atoms with E-state index in [0.717, 1.165) is 24.7 Å². The molecule has 16 heavy (non-hydrogen) atoms. The van der Waals surface area contributed by atoms with Crippen molar-refractivity contribution in [3.63, 3.8) is 0 Å². The highest BCUT2D eigenvalue weighted by atomic mass is 16.2. The number of carbonyl (C=O) groups excluding carboxylic acids is 1. The maximum Gasteiger partial charge on any atom is 0.223 e. The van der Waals surface area contributed by atoms with Crippen LogP contribution in [0, 0.1) is 17.8 Å². The lowest BCUT2D eigenvalue weighted by atomic mass is 9.79. The summed E-state index contributed by atoms with van der Waals surface area (Å²) in [7, 11) is 0. The summed E-state index contributed by atoms with van der Waals surface area (Å²) in [5.74, 6) is 2.38. The second-order valence-electron chi connectivity index (χ2n) is 5.99. The smallest absolute Gasteiger partial charge is 0.223 e. The van der Waals surface area contributed by atoms with Gasteiger partial charge in [0.15, 0.2) is 0 Å². The van der Waals surface area contributed by atoms with E-state index >= 15 is 0 Å². The van der Waals surface area contributed by atoms with E-state index < -0.39 is 0 Å². The van der Waals surface area contributed by atoms with Crippen LogP contribution >= 0.6 is 0 Å². The number of rotatable bonds is 3. The van der Waals surface area contributed by atoms with Crippen molar-refractivity contribution in [3.8, 4) is 0 Å². The van der Waals surface area contributed by atoms with Crippen LogP contribution in [0.25, 0.3) is 0 Å². The SMILES string of the molecule is CC(C)C1CCC(NC(=O)C2CCC2)CC1. The summed E-state index contributed by atoms with van der Waals surface area (Å²) in [4.78, 5) is 11.8. The van der Waals surface area contributed by atoms with E-state index in [0.29, 0.717) is 17.9 Å². The van der Waals surface area contributed by atoms with Crippen molar-refractivity contribution in [3.05, 3.63) is 0 Å². The summed E-state index contributed by atoms with van der Waals surface area (Å²) in [5, 5.41) is 3.24. The summed E-state index contributed by atoms with van der Waals surface area (Å²) < 4.78 is 0. The summed E-state index contributed by atoms with van der Waals surface area (Å²) >= 11 is 0. The molecule has 0 spiro atoms. The van der Waals surface area contributed by atoms with Crippen molar-refractivity contribution >= 4 is 5.91 Å². The molecule has 2 fully saturated rings. The van der Waals surface area contributed by atoms with Gasteiger partial charge in [0.25, 0.3) is 0 Å². The third-order valence-electron chi connectivity index (χ3n) is 4.54. The van der Waals surface area contributed by atoms with Gasteiger partial charge in [-0.2, -0.15) is 0 Å². The fraction of sp³-hybridized carbons (Fsp3) is 0.929. The van der Waals surface area contributed by atoms with Crippen LogP contribution in [0.5, 0.6) is 0 Å². The molecule has 2 nitrogen and oxygen atoms in total. The average molecular weight is 223 g/mol. The van der Waals surface area contributed by atoms with Crippen molar-refractivity contribution < 1.29 is 4.79 Å². The van der Waals surface area contributed by atoms with Gasteiger partial charge in [0.2, 0.25) is 5.91 Å². The van der Waals surface area contributed by atoms with Crippen LogP contribution in [-0.2, 0) is 4.79 Å². The first-order valence-corrected chi connectivity index (χ1v) is 6.97. The van der Waals surface area contributed by atoms with E-state index in [1.54, 1.807) is 0 Å². The Morgan fingerprint density at radius 3 is 2.12 bits per heavy atom. The molecular weight excluding hydrogens is 198 g/mol. The van der Waals surface area contributed by atoms with E-state index in [1.165, 1.54) is 32.1 Å². The van der Waals surface area contributed by atoms with Crippen molar-refractivity contribution in [1.29, 1.82) is 0 Å². The third kappa shape index (κ3) is 2.78. The lowest BCUT2D eigenvalue weighted by molar-refractivity contribution is -0.128. The molecular formula is C14H25NO. The number of hydrogen-bond acceptors (Lipinski definition) is 1. The van der Waals surface area contributed by atoms with Crippen LogP contribution in [-0.4, -0.2) is 11.9 Å². The molecule has 0 aliphatic heterocycles. The number of carbonyl (C=O) groups is 1. The molecule has 2 aliphatic carbocycles. The first-order chi connectivity index (χ1) is 7.66. The Hall–Kier alpha value is -0.530. The van der Waals surface area contributed by atoms with E-state index in [1.807, 2.05) is 0 Å². The van der Waals surface area contributed by atoms with Gasteiger partial charge in [0.1, 0.15) is 0 Å². The largest absolute Gasteiger partial charge is 0.353 e. The second kappa shape index (κ2) is 5.20. The summed E-state index contributed by atoms with van der Waals surface area (Å²) in [5.41, 5.74) is 0. The van der Waals surface area contributed by atoms with Crippen LogP contribution < -0.4 is 5.32 Å². The zero-order valence-electron chi connectivity index (χ0n) is 10.7. The van der Waals surface area contributed by atoms with E-state index in [9.17, 15) is 4.79 Å². The Morgan fingerprint density at radius 2 is 1.69 bits per heavy atom. The second-order valence-corrected chi connectivity index (χ2v) is 5.99. The highest BCUT2D eigenvalue weighted by molar-refractivity contribution is 5.79. The number of amides is 1. The summed E-state index contributed by atoms with van der Waals surface area (Å²) in [6, 6.07) is 0.475. The molecule has 92 valence electrons. The molecule has 0 bridgehead atoms. The van der Waals surface area contributed by atoms with Crippen molar-refractivity contribution in [2.75, 3.05) is 0 Å². The fourth-order valence-corrected chi connectivity index (χ4v) is 2.92. The average Bonchev–Trinajstić information content (AvgIpc) is 2.15. The molecule has 0 unspecified atom stereocenters. The van der Waals surface area contributed by atoms with E-state index in [4.69, 9.17) is 0 Å².